The molecule has 7 heteroatoms. The molecule has 5 nitrogen and oxygen atoms in total. The van der Waals surface area contributed by atoms with E-state index in [0.29, 0.717) is 24.1 Å². The summed E-state index contributed by atoms with van der Waals surface area (Å²) in [6.07, 6.45) is 2.10. The van der Waals surface area contributed by atoms with E-state index in [1.165, 1.54) is 7.11 Å². The maximum absolute atomic E-state index is 11.8. The number of carbonyl (C=O) groups is 1. The fourth-order valence-corrected chi connectivity index (χ4v) is 2.79. The highest BCUT2D eigenvalue weighted by Gasteiger charge is 2.30. The summed E-state index contributed by atoms with van der Waals surface area (Å²) in [6.45, 7) is 0.610. The number of ether oxygens (including phenoxy) is 1. The number of nitrogens with one attached hydrogen (secondary N) is 1. The molecule has 0 unspecified atom stereocenters. The standard InChI is InChI=1S/C14H14ClN3O2S/c1-20-14(19)11-10(15)13(16-7-9-3-2-6-21-9)18-12(17-11)8-4-5-8/h2-3,6,8H,4-5,7H2,1H3,(H,16,17,18). The van der Waals surface area contributed by atoms with Crippen LogP contribution in [0.4, 0.5) is 5.82 Å². The van der Waals surface area contributed by atoms with Gasteiger partial charge in [-0.05, 0) is 24.3 Å². The number of anilines is 1. The molecule has 2 aromatic rings. The third-order valence-corrected chi connectivity index (χ3v) is 4.43. The van der Waals surface area contributed by atoms with Crippen molar-refractivity contribution in [3.8, 4) is 0 Å². The van der Waals surface area contributed by atoms with E-state index in [0.717, 1.165) is 17.7 Å². The van der Waals surface area contributed by atoms with Crippen LogP contribution in [0.2, 0.25) is 5.02 Å². The van der Waals surface area contributed by atoms with E-state index in [9.17, 15) is 4.79 Å². The first-order valence-electron chi connectivity index (χ1n) is 6.61. The van der Waals surface area contributed by atoms with Gasteiger partial charge in [-0.1, -0.05) is 17.7 Å². The topological polar surface area (TPSA) is 64.1 Å². The molecule has 0 aliphatic heterocycles. The quantitative estimate of drug-likeness (QED) is 0.854. The Balaban J connectivity index is 1.89. The molecule has 2 heterocycles. The van der Waals surface area contributed by atoms with E-state index >= 15 is 0 Å². The van der Waals surface area contributed by atoms with Crippen molar-refractivity contribution in [3.63, 3.8) is 0 Å². The minimum Gasteiger partial charge on any atom is -0.464 e. The Morgan fingerprint density at radius 3 is 2.95 bits per heavy atom. The lowest BCUT2D eigenvalue weighted by atomic mass is 10.3. The summed E-state index contributed by atoms with van der Waals surface area (Å²) in [5, 5.41) is 5.40. The van der Waals surface area contributed by atoms with Gasteiger partial charge in [-0.3, -0.25) is 0 Å². The van der Waals surface area contributed by atoms with Crippen molar-refractivity contribution in [1.82, 2.24) is 9.97 Å². The Kier molecular flexibility index (Phi) is 4.07. The van der Waals surface area contributed by atoms with Crippen LogP contribution in [0.3, 0.4) is 0 Å². The van der Waals surface area contributed by atoms with Crippen molar-refractivity contribution in [2.75, 3.05) is 12.4 Å². The number of halogens is 1. The normalized spacial score (nSPS) is 14.0. The van der Waals surface area contributed by atoms with Gasteiger partial charge in [0.15, 0.2) is 5.69 Å². The predicted octanol–water partition coefficient (Wildman–Crippen LogP) is 3.47. The monoisotopic (exact) mass is 323 g/mol. The molecule has 0 atom stereocenters. The van der Waals surface area contributed by atoms with Gasteiger partial charge in [-0.25, -0.2) is 14.8 Å². The zero-order valence-corrected chi connectivity index (χ0v) is 13.0. The van der Waals surface area contributed by atoms with Gasteiger partial charge in [-0.15, -0.1) is 11.3 Å². The maximum Gasteiger partial charge on any atom is 0.358 e. The average Bonchev–Trinajstić information content (AvgIpc) is 3.22. The fraction of sp³-hybridized carbons (Fsp3) is 0.357. The van der Waals surface area contributed by atoms with Gasteiger partial charge in [0, 0.05) is 10.8 Å². The highest BCUT2D eigenvalue weighted by Crippen LogP contribution is 2.39. The van der Waals surface area contributed by atoms with Crippen molar-refractivity contribution < 1.29 is 9.53 Å². The van der Waals surface area contributed by atoms with Gasteiger partial charge < -0.3 is 10.1 Å². The first kappa shape index (κ1) is 14.3. The second-order valence-corrected chi connectivity index (χ2v) is 6.20. The van der Waals surface area contributed by atoms with E-state index in [2.05, 4.69) is 15.3 Å². The van der Waals surface area contributed by atoms with E-state index in [1.54, 1.807) is 11.3 Å². The number of nitrogens with zero attached hydrogens (tertiary/aromatic N) is 2. The zero-order valence-electron chi connectivity index (χ0n) is 11.4. The molecule has 1 aliphatic rings. The molecule has 0 saturated heterocycles. The van der Waals surface area contributed by atoms with Crippen LogP contribution in [-0.4, -0.2) is 23.0 Å². The summed E-state index contributed by atoms with van der Waals surface area (Å²) in [5.41, 5.74) is 0.129. The van der Waals surface area contributed by atoms with Crippen LogP contribution in [0.1, 0.15) is 39.9 Å². The van der Waals surface area contributed by atoms with Crippen molar-refractivity contribution in [2.24, 2.45) is 0 Å². The molecular formula is C14H14ClN3O2S. The largest absolute Gasteiger partial charge is 0.464 e. The Morgan fingerprint density at radius 1 is 1.52 bits per heavy atom. The molecule has 1 saturated carbocycles. The Bertz CT molecular complexity index is 656. The Labute approximate surface area is 131 Å². The Morgan fingerprint density at radius 2 is 2.33 bits per heavy atom. The van der Waals surface area contributed by atoms with Crippen molar-refractivity contribution >= 4 is 34.7 Å². The molecule has 110 valence electrons. The first-order valence-corrected chi connectivity index (χ1v) is 7.86. The van der Waals surface area contributed by atoms with Gasteiger partial charge in [0.1, 0.15) is 16.7 Å². The van der Waals surface area contributed by atoms with E-state index < -0.39 is 5.97 Å². The number of hydrogen-bond acceptors (Lipinski definition) is 6. The Hall–Kier alpha value is -1.66. The maximum atomic E-state index is 11.8. The van der Waals surface area contributed by atoms with Crippen molar-refractivity contribution in [2.45, 2.75) is 25.3 Å². The molecule has 0 bridgehead atoms. The third kappa shape index (κ3) is 3.16. The highest BCUT2D eigenvalue weighted by molar-refractivity contribution is 7.09. The van der Waals surface area contributed by atoms with Crippen molar-refractivity contribution in [3.05, 3.63) is 38.9 Å². The molecule has 1 fully saturated rings. The van der Waals surface area contributed by atoms with Crippen molar-refractivity contribution in [1.29, 1.82) is 0 Å². The molecular weight excluding hydrogens is 310 g/mol. The second kappa shape index (κ2) is 5.99. The summed E-state index contributed by atoms with van der Waals surface area (Å²) in [4.78, 5) is 21.7. The molecule has 0 radical (unpaired) electrons. The number of aromatic nitrogens is 2. The number of methoxy groups -OCH3 is 1. The summed E-state index contributed by atoms with van der Waals surface area (Å²) in [5.74, 6) is 0.937. The number of hydrogen-bond donors (Lipinski definition) is 1. The van der Waals surface area contributed by atoms with Gasteiger partial charge in [0.05, 0.1) is 13.7 Å². The lowest BCUT2D eigenvalue weighted by molar-refractivity contribution is 0.0593. The molecule has 3 rings (SSSR count). The SMILES string of the molecule is COC(=O)c1nc(C2CC2)nc(NCc2cccs2)c1Cl. The molecule has 0 spiro atoms. The molecule has 2 aromatic heterocycles. The van der Waals surface area contributed by atoms with Gasteiger partial charge in [-0.2, -0.15) is 0 Å². The van der Waals surface area contributed by atoms with Crippen LogP contribution in [0, 0.1) is 0 Å². The third-order valence-electron chi connectivity index (χ3n) is 3.20. The molecule has 0 aromatic carbocycles. The molecule has 21 heavy (non-hydrogen) atoms. The summed E-state index contributed by atoms with van der Waals surface area (Å²) >= 11 is 7.88. The highest BCUT2D eigenvalue weighted by atomic mass is 35.5. The van der Waals surface area contributed by atoms with Gasteiger partial charge in [0.2, 0.25) is 0 Å². The van der Waals surface area contributed by atoms with Crippen LogP contribution in [-0.2, 0) is 11.3 Å². The predicted molar refractivity (Wildman–Crippen MR) is 82.0 cm³/mol. The van der Waals surface area contributed by atoms with Crippen LogP contribution in [0.15, 0.2) is 17.5 Å². The van der Waals surface area contributed by atoms with Crippen LogP contribution in [0.25, 0.3) is 0 Å². The number of carbonyl (C=O) groups excluding carboxylic acids is 1. The summed E-state index contributed by atoms with van der Waals surface area (Å²) in [7, 11) is 1.32. The summed E-state index contributed by atoms with van der Waals surface area (Å²) in [6, 6.07) is 4.01. The van der Waals surface area contributed by atoms with E-state index in [-0.39, 0.29) is 10.7 Å². The minimum atomic E-state index is -0.538. The van der Waals surface area contributed by atoms with Gasteiger partial charge >= 0.3 is 5.97 Å². The smallest absolute Gasteiger partial charge is 0.358 e. The fourth-order valence-electron chi connectivity index (χ4n) is 1.92. The molecule has 0 amide bonds. The van der Waals surface area contributed by atoms with Crippen LogP contribution in [0.5, 0.6) is 0 Å². The number of esters is 1. The number of rotatable bonds is 5. The van der Waals surface area contributed by atoms with Crippen LogP contribution < -0.4 is 5.32 Å². The lowest BCUT2D eigenvalue weighted by Gasteiger charge is -2.11. The summed E-state index contributed by atoms with van der Waals surface area (Å²) < 4.78 is 4.74. The van der Waals surface area contributed by atoms with Gasteiger partial charge in [0.25, 0.3) is 0 Å². The molecule has 1 N–H and O–H groups in total. The number of thiophene rings is 1. The second-order valence-electron chi connectivity index (χ2n) is 4.79. The minimum absolute atomic E-state index is 0.129. The average molecular weight is 324 g/mol. The zero-order chi connectivity index (χ0) is 14.8. The molecule has 1 aliphatic carbocycles. The first-order chi connectivity index (χ1) is 10.2. The van der Waals surface area contributed by atoms with E-state index in [1.807, 2.05) is 17.5 Å². The van der Waals surface area contributed by atoms with E-state index in [4.69, 9.17) is 16.3 Å². The lowest BCUT2D eigenvalue weighted by Crippen LogP contribution is -2.12. The van der Waals surface area contributed by atoms with Crippen LogP contribution >= 0.6 is 22.9 Å².